The van der Waals surface area contributed by atoms with Crippen LogP contribution >= 0.6 is 0 Å². The summed E-state index contributed by atoms with van der Waals surface area (Å²) in [7, 11) is 0. The zero-order valence-corrected chi connectivity index (χ0v) is 9.39. The Morgan fingerprint density at radius 3 is 2.56 bits per heavy atom. The van der Waals surface area contributed by atoms with Gasteiger partial charge in [0.25, 0.3) is 0 Å². The van der Waals surface area contributed by atoms with Gasteiger partial charge in [-0.05, 0) is 25.3 Å². The van der Waals surface area contributed by atoms with E-state index in [9.17, 15) is 4.79 Å². The van der Waals surface area contributed by atoms with Gasteiger partial charge in [0.1, 0.15) is 0 Å². The fourth-order valence-electron chi connectivity index (χ4n) is 1.89. The highest BCUT2D eigenvalue weighted by atomic mass is 16.1. The van der Waals surface area contributed by atoms with Gasteiger partial charge < -0.3 is 10.2 Å². The Morgan fingerprint density at radius 1 is 1.38 bits per heavy atom. The fraction of sp³-hybridized carbons (Fsp3) is 0.545. The van der Waals surface area contributed by atoms with E-state index in [0.717, 1.165) is 43.9 Å². The van der Waals surface area contributed by atoms with Crippen LogP contribution in [-0.2, 0) is 4.79 Å². The number of carbonyl (C=O) groups excluding carboxylic acids is 1. The molecule has 0 saturated carbocycles. The lowest BCUT2D eigenvalue weighted by Gasteiger charge is -2.31. The van der Waals surface area contributed by atoms with Gasteiger partial charge in [0, 0.05) is 31.5 Å². The Kier molecular flexibility index (Phi) is 3.34. The maximum Gasteiger partial charge on any atom is 0.225 e. The van der Waals surface area contributed by atoms with Crippen LogP contribution in [0.1, 0.15) is 18.4 Å². The molecule has 1 fully saturated rings. The number of piperidine rings is 1. The first-order valence-corrected chi connectivity index (χ1v) is 5.53. The maximum absolute atomic E-state index is 10.3. The van der Waals surface area contributed by atoms with E-state index in [1.807, 2.05) is 19.3 Å². The van der Waals surface area contributed by atoms with E-state index >= 15 is 0 Å². The molecule has 1 amide bonds. The van der Waals surface area contributed by atoms with E-state index in [1.54, 1.807) is 0 Å². The molecular formula is C11H16N4O. The SMILES string of the molecule is Cc1cnc(N2CCC(NC=O)CC2)nc1. The highest BCUT2D eigenvalue weighted by Gasteiger charge is 2.19. The van der Waals surface area contributed by atoms with Crippen molar-refractivity contribution in [2.24, 2.45) is 0 Å². The first kappa shape index (κ1) is 10.9. The highest BCUT2D eigenvalue weighted by Crippen LogP contribution is 2.15. The molecule has 0 aromatic carbocycles. The Balaban J connectivity index is 1.93. The lowest BCUT2D eigenvalue weighted by Crippen LogP contribution is -2.42. The molecule has 1 aliphatic rings. The van der Waals surface area contributed by atoms with Gasteiger partial charge in [-0.1, -0.05) is 0 Å². The molecule has 5 nitrogen and oxygen atoms in total. The zero-order valence-electron chi connectivity index (χ0n) is 9.39. The average Bonchev–Trinajstić information content (AvgIpc) is 2.32. The summed E-state index contributed by atoms with van der Waals surface area (Å²) >= 11 is 0. The van der Waals surface area contributed by atoms with Crippen molar-refractivity contribution >= 4 is 12.4 Å². The molecule has 0 unspecified atom stereocenters. The smallest absolute Gasteiger partial charge is 0.225 e. The molecule has 1 aromatic rings. The Labute approximate surface area is 94.9 Å². The summed E-state index contributed by atoms with van der Waals surface area (Å²) in [6.45, 7) is 3.77. The van der Waals surface area contributed by atoms with Crippen LogP contribution in [0.15, 0.2) is 12.4 Å². The minimum Gasteiger partial charge on any atom is -0.356 e. The zero-order chi connectivity index (χ0) is 11.4. The molecule has 0 atom stereocenters. The van der Waals surface area contributed by atoms with Crippen molar-refractivity contribution in [2.45, 2.75) is 25.8 Å². The van der Waals surface area contributed by atoms with Gasteiger partial charge in [0.05, 0.1) is 0 Å². The van der Waals surface area contributed by atoms with Gasteiger partial charge >= 0.3 is 0 Å². The number of anilines is 1. The Morgan fingerprint density at radius 2 is 2.00 bits per heavy atom. The number of carbonyl (C=O) groups is 1. The summed E-state index contributed by atoms with van der Waals surface area (Å²) in [6, 6.07) is 0.305. The molecule has 1 N–H and O–H groups in total. The number of nitrogens with zero attached hydrogens (tertiary/aromatic N) is 3. The lowest BCUT2D eigenvalue weighted by atomic mass is 10.1. The second-order valence-electron chi connectivity index (χ2n) is 4.11. The summed E-state index contributed by atoms with van der Waals surface area (Å²) in [5.74, 6) is 0.787. The Hall–Kier alpha value is -1.65. The number of rotatable bonds is 3. The molecule has 1 aliphatic heterocycles. The predicted octanol–water partition coefficient (Wildman–Crippen LogP) is 0.500. The van der Waals surface area contributed by atoms with Gasteiger partial charge in [-0.2, -0.15) is 0 Å². The number of hydrogen-bond donors (Lipinski definition) is 1. The van der Waals surface area contributed by atoms with Crippen molar-refractivity contribution in [3.63, 3.8) is 0 Å². The van der Waals surface area contributed by atoms with Crippen molar-refractivity contribution in [1.82, 2.24) is 15.3 Å². The summed E-state index contributed by atoms with van der Waals surface area (Å²) in [4.78, 5) is 21.1. The predicted molar refractivity (Wildman–Crippen MR) is 61.2 cm³/mol. The highest BCUT2D eigenvalue weighted by molar-refractivity contribution is 5.46. The van der Waals surface area contributed by atoms with Crippen molar-refractivity contribution in [3.8, 4) is 0 Å². The molecule has 1 saturated heterocycles. The third-order valence-electron chi connectivity index (χ3n) is 2.85. The number of aryl methyl sites for hydroxylation is 1. The number of amides is 1. The maximum atomic E-state index is 10.3. The number of hydrogen-bond acceptors (Lipinski definition) is 4. The van der Waals surface area contributed by atoms with E-state index < -0.39 is 0 Å². The summed E-state index contributed by atoms with van der Waals surface area (Å²) in [5, 5.41) is 2.82. The quantitative estimate of drug-likeness (QED) is 0.754. The second kappa shape index (κ2) is 4.92. The first-order valence-electron chi connectivity index (χ1n) is 5.53. The lowest BCUT2D eigenvalue weighted by molar-refractivity contribution is -0.110. The van der Waals surface area contributed by atoms with Crippen LogP contribution in [0.4, 0.5) is 5.95 Å². The molecule has 0 aliphatic carbocycles. The van der Waals surface area contributed by atoms with Crippen molar-refractivity contribution in [2.75, 3.05) is 18.0 Å². The van der Waals surface area contributed by atoms with E-state index in [-0.39, 0.29) is 0 Å². The van der Waals surface area contributed by atoms with Crippen molar-refractivity contribution < 1.29 is 4.79 Å². The molecule has 1 aromatic heterocycles. The summed E-state index contributed by atoms with van der Waals surface area (Å²) in [5.41, 5.74) is 1.07. The van der Waals surface area contributed by atoms with Crippen LogP contribution in [0, 0.1) is 6.92 Å². The second-order valence-corrected chi connectivity index (χ2v) is 4.11. The normalized spacial score (nSPS) is 17.2. The number of aromatic nitrogens is 2. The van der Waals surface area contributed by atoms with Crippen LogP contribution < -0.4 is 10.2 Å². The van der Waals surface area contributed by atoms with Crippen molar-refractivity contribution in [3.05, 3.63) is 18.0 Å². The van der Waals surface area contributed by atoms with E-state index in [0.29, 0.717) is 6.04 Å². The molecule has 0 spiro atoms. The number of nitrogens with one attached hydrogen (secondary N) is 1. The minimum atomic E-state index is 0.305. The van der Waals surface area contributed by atoms with Gasteiger partial charge in [0.15, 0.2) is 0 Å². The molecule has 2 heterocycles. The third kappa shape index (κ3) is 2.48. The van der Waals surface area contributed by atoms with E-state index in [1.165, 1.54) is 0 Å². The summed E-state index contributed by atoms with van der Waals surface area (Å²) in [6.07, 6.45) is 6.35. The summed E-state index contributed by atoms with van der Waals surface area (Å²) < 4.78 is 0. The molecule has 0 bridgehead atoms. The topological polar surface area (TPSA) is 58.1 Å². The molecule has 0 radical (unpaired) electrons. The standard InChI is InChI=1S/C11H16N4O/c1-9-6-12-11(13-7-9)15-4-2-10(3-5-15)14-8-16/h6-8,10H,2-5H2,1H3,(H,14,16). The van der Waals surface area contributed by atoms with Gasteiger partial charge in [-0.15, -0.1) is 0 Å². The molecule has 86 valence electrons. The molecular weight excluding hydrogens is 204 g/mol. The minimum absolute atomic E-state index is 0.305. The van der Waals surface area contributed by atoms with Crippen LogP contribution in [0.5, 0.6) is 0 Å². The molecule has 16 heavy (non-hydrogen) atoms. The molecule has 5 heteroatoms. The Bertz CT molecular complexity index is 344. The van der Waals surface area contributed by atoms with E-state index in [2.05, 4.69) is 20.2 Å². The van der Waals surface area contributed by atoms with Crippen LogP contribution in [0.3, 0.4) is 0 Å². The van der Waals surface area contributed by atoms with Gasteiger partial charge in [-0.25, -0.2) is 9.97 Å². The third-order valence-corrected chi connectivity index (χ3v) is 2.85. The monoisotopic (exact) mass is 220 g/mol. The van der Waals surface area contributed by atoms with Crippen LogP contribution in [-0.4, -0.2) is 35.5 Å². The fourth-order valence-corrected chi connectivity index (χ4v) is 1.89. The molecule has 2 rings (SSSR count). The average molecular weight is 220 g/mol. The van der Waals surface area contributed by atoms with Crippen molar-refractivity contribution in [1.29, 1.82) is 0 Å². The van der Waals surface area contributed by atoms with Gasteiger partial charge in [0.2, 0.25) is 12.4 Å². The largest absolute Gasteiger partial charge is 0.356 e. The van der Waals surface area contributed by atoms with Crippen LogP contribution in [0.25, 0.3) is 0 Å². The first-order chi connectivity index (χ1) is 7.79. The van der Waals surface area contributed by atoms with Crippen LogP contribution in [0.2, 0.25) is 0 Å². The van der Waals surface area contributed by atoms with Gasteiger partial charge in [-0.3, -0.25) is 4.79 Å². The van der Waals surface area contributed by atoms with E-state index in [4.69, 9.17) is 0 Å².